The van der Waals surface area contributed by atoms with Crippen LogP contribution in [0, 0.1) is 5.82 Å². The first-order chi connectivity index (χ1) is 26.4. The number of anilines is 1. The number of methoxy groups -OCH3 is 1. The maximum atomic E-state index is 14.9. The Morgan fingerprint density at radius 2 is 1.71 bits per heavy atom. The van der Waals surface area contributed by atoms with Gasteiger partial charge in [-0.1, -0.05) is 6.07 Å². The van der Waals surface area contributed by atoms with Crippen molar-refractivity contribution in [3.63, 3.8) is 0 Å². The van der Waals surface area contributed by atoms with Gasteiger partial charge in [0.05, 0.1) is 37.1 Å². The molecule has 4 heterocycles. The first-order valence-corrected chi connectivity index (χ1v) is 18.7. The lowest BCUT2D eigenvalue weighted by atomic mass is 9.85. The van der Waals surface area contributed by atoms with Crippen molar-refractivity contribution in [3.8, 4) is 11.5 Å². The molecule has 288 valence electrons. The Morgan fingerprint density at radius 1 is 0.927 bits per heavy atom. The largest absolute Gasteiger partial charge is 0.493 e. The summed E-state index contributed by atoms with van der Waals surface area (Å²) in [6, 6.07) is 10.8. The second-order valence-electron chi connectivity index (χ2n) is 14.5. The van der Waals surface area contributed by atoms with E-state index >= 15 is 0 Å². The number of hydrogen-bond acceptors (Lipinski definition) is 9. The Kier molecular flexibility index (Phi) is 10.7. The van der Waals surface area contributed by atoms with Gasteiger partial charge in [-0.3, -0.25) is 39.0 Å². The smallest absolute Gasteiger partial charge is 0.263 e. The van der Waals surface area contributed by atoms with Crippen LogP contribution in [0.4, 0.5) is 10.1 Å². The number of benzene rings is 3. The maximum Gasteiger partial charge on any atom is 0.263 e. The van der Waals surface area contributed by atoms with Crippen molar-refractivity contribution in [2.24, 2.45) is 0 Å². The molecule has 14 heteroatoms. The van der Waals surface area contributed by atoms with Crippen molar-refractivity contribution in [3.05, 3.63) is 87.2 Å². The number of carbonyl (C=O) groups excluding carboxylic acids is 6. The summed E-state index contributed by atoms with van der Waals surface area (Å²) < 4.78 is 25.9. The average molecular weight is 754 g/mol. The van der Waals surface area contributed by atoms with Crippen molar-refractivity contribution in [2.75, 3.05) is 38.7 Å². The summed E-state index contributed by atoms with van der Waals surface area (Å²) in [5, 5.41) is 5.07. The first kappa shape index (κ1) is 37.7. The molecule has 2 saturated heterocycles. The van der Waals surface area contributed by atoms with Gasteiger partial charge in [-0.2, -0.15) is 0 Å². The zero-order valence-corrected chi connectivity index (χ0v) is 31.2. The summed E-state index contributed by atoms with van der Waals surface area (Å²) in [6.07, 6.45) is 3.28. The molecule has 3 aromatic rings. The normalized spacial score (nSPS) is 18.8. The number of ether oxygens (including phenoxy) is 2. The monoisotopic (exact) mass is 753 g/mol. The van der Waals surface area contributed by atoms with Crippen LogP contribution in [-0.4, -0.2) is 89.5 Å². The number of amides is 6. The fourth-order valence-electron chi connectivity index (χ4n) is 8.31. The lowest BCUT2D eigenvalue weighted by molar-refractivity contribution is -0.137. The summed E-state index contributed by atoms with van der Waals surface area (Å²) in [6.45, 7) is 6.16. The number of halogens is 1. The molecular formula is C41H44FN5O8. The van der Waals surface area contributed by atoms with Crippen LogP contribution >= 0.6 is 0 Å². The van der Waals surface area contributed by atoms with Gasteiger partial charge in [-0.25, -0.2) is 4.39 Å². The third kappa shape index (κ3) is 7.55. The summed E-state index contributed by atoms with van der Waals surface area (Å²) in [4.78, 5) is 82.0. The minimum Gasteiger partial charge on any atom is -0.493 e. The number of hydrogen-bond donors (Lipinski definition) is 2. The highest BCUT2D eigenvalue weighted by atomic mass is 19.1. The lowest BCUT2D eigenvalue weighted by Gasteiger charge is -2.33. The zero-order valence-electron chi connectivity index (χ0n) is 31.2. The van der Waals surface area contributed by atoms with Crippen LogP contribution in [0.3, 0.4) is 0 Å². The van der Waals surface area contributed by atoms with E-state index in [9.17, 15) is 33.2 Å². The molecule has 0 radical (unpaired) electrons. The lowest BCUT2D eigenvalue weighted by Crippen LogP contribution is -2.52. The number of nitrogens with one attached hydrogen (secondary N) is 2. The number of nitrogens with zero attached hydrogens (tertiary/aromatic N) is 3. The molecule has 55 heavy (non-hydrogen) atoms. The van der Waals surface area contributed by atoms with E-state index in [1.165, 1.54) is 36.0 Å². The van der Waals surface area contributed by atoms with E-state index in [0.717, 1.165) is 55.6 Å². The number of aryl methyl sites for hydroxylation is 1. The standard InChI is InChI=1S/C41H44FN5O8/c1-4-55-35-18-25(7-9-34(35)54-3)21-47-40(52)30-16-24(17-32(43-23(2)48)37(30)41(47)53)6-5-13-45-14-11-26(12-15-45)28-19-27(42)20-29-31(28)22-46(39(29)51)33-8-10-36(49)44-38(33)50/h7,9,16-20,26,33H,4-6,8,10-15,21-22H2,1-3H3,(H,43,48)(H,44,49,50). The van der Waals surface area contributed by atoms with Gasteiger partial charge in [0.2, 0.25) is 17.7 Å². The summed E-state index contributed by atoms with van der Waals surface area (Å²) in [5.74, 6) is -1.90. The second-order valence-corrected chi connectivity index (χ2v) is 14.5. The Morgan fingerprint density at radius 3 is 2.42 bits per heavy atom. The number of fused-ring (bicyclic) bond motifs is 2. The third-order valence-corrected chi connectivity index (χ3v) is 10.9. The van der Waals surface area contributed by atoms with Crippen LogP contribution < -0.4 is 20.1 Å². The van der Waals surface area contributed by atoms with Crippen LogP contribution in [0.15, 0.2) is 42.5 Å². The van der Waals surface area contributed by atoms with E-state index in [1.54, 1.807) is 30.3 Å². The quantitative estimate of drug-likeness (QED) is 0.254. The number of likely N-dealkylation sites (tertiary alicyclic amines) is 1. The van der Waals surface area contributed by atoms with Crippen molar-refractivity contribution >= 4 is 41.1 Å². The molecule has 1 atom stereocenters. The van der Waals surface area contributed by atoms with Gasteiger partial charge in [-0.05, 0) is 123 Å². The minimum absolute atomic E-state index is 0.0219. The van der Waals surface area contributed by atoms with Gasteiger partial charge in [-0.15, -0.1) is 0 Å². The van der Waals surface area contributed by atoms with Gasteiger partial charge in [0.25, 0.3) is 17.7 Å². The number of imide groups is 2. The van der Waals surface area contributed by atoms with Crippen LogP contribution in [0.2, 0.25) is 0 Å². The topological polar surface area (TPSA) is 155 Å². The maximum absolute atomic E-state index is 14.9. The molecule has 4 aliphatic rings. The fraction of sp³-hybridized carbons (Fsp3) is 0.415. The van der Waals surface area contributed by atoms with Crippen LogP contribution in [0.5, 0.6) is 11.5 Å². The van der Waals surface area contributed by atoms with E-state index in [2.05, 4.69) is 15.5 Å². The number of rotatable bonds is 12. The van der Waals surface area contributed by atoms with E-state index in [1.807, 2.05) is 6.92 Å². The predicted molar refractivity (Wildman–Crippen MR) is 198 cm³/mol. The summed E-state index contributed by atoms with van der Waals surface area (Å²) in [5.41, 5.74) is 4.09. The van der Waals surface area contributed by atoms with Crippen LogP contribution in [-0.2, 0) is 33.9 Å². The zero-order chi connectivity index (χ0) is 39.0. The highest BCUT2D eigenvalue weighted by Gasteiger charge is 2.42. The molecule has 6 amide bonds. The molecule has 0 aromatic heterocycles. The van der Waals surface area contributed by atoms with Crippen molar-refractivity contribution in [1.29, 1.82) is 0 Å². The highest BCUT2D eigenvalue weighted by Crippen LogP contribution is 2.38. The van der Waals surface area contributed by atoms with E-state index in [0.29, 0.717) is 35.8 Å². The molecule has 0 bridgehead atoms. The molecule has 2 fully saturated rings. The molecule has 3 aromatic carbocycles. The predicted octanol–water partition coefficient (Wildman–Crippen LogP) is 4.56. The van der Waals surface area contributed by atoms with Crippen LogP contribution in [0.25, 0.3) is 0 Å². The Balaban J connectivity index is 0.988. The molecule has 2 N–H and O–H groups in total. The third-order valence-electron chi connectivity index (χ3n) is 10.9. The molecule has 7 rings (SSSR count). The second kappa shape index (κ2) is 15.6. The van der Waals surface area contributed by atoms with Gasteiger partial charge in [0.15, 0.2) is 11.5 Å². The van der Waals surface area contributed by atoms with E-state index in [4.69, 9.17) is 9.47 Å². The molecular weight excluding hydrogens is 709 g/mol. The molecule has 0 spiro atoms. The fourth-order valence-corrected chi connectivity index (χ4v) is 8.31. The van der Waals surface area contributed by atoms with E-state index in [-0.39, 0.29) is 66.3 Å². The molecule has 0 saturated carbocycles. The van der Waals surface area contributed by atoms with Gasteiger partial charge in [0.1, 0.15) is 11.9 Å². The SMILES string of the molecule is CCOc1cc(CN2C(=O)c3cc(CCCN4CCC(c5cc(F)cc6c5CN(C5CCC(=O)NC5=O)C6=O)CC4)cc(NC(C)=O)c3C2=O)ccc1OC. The average Bonchev–Trinajstić information content (AvgIpc) is 3.60. The molecule has 4 aliphatic heterocycles. The summed E-state index contributed by atoms with van der Waals surface area (Å²) in [7, 11) is 1.54. The number of piperidine rings is 2. The highest BCUT2D eigenvalue weighted by molar-refractivity contribution is 6.24. The van der Waals surface area contributed by atoms with Crippen molar-refractivity contribution in [1.82, 2.24) is 20.0 Å². The number of carbonyl (C=O) groups is 6. The van der Waals surface area contributed by atoms with Gasteiger partial charge in [0, 0.05) is 25.5 Å². The van der Waals surface area contributed by atoms with Gasteiger partial charge >= 0.3 is 0 Å². The van der Waals surface area contributed by atoms with E-state index < -0.39 is 29.6 Å². The first-order valence-electron chi connectivity index (χ1n) is 18.7. The Labute approximate surface area is 318 Å². The summed E-state index contributed by atoms with van der Waals surface area (Å²) >= 11 is 0. The molecule has 0 aliphatic carbocycles. The Bertz CT molecular complexity index is 2090. The van der Waals surface area contributed by atoms with Crippen molar-refractivity contribution in [2.45, 2.75) is 77.4 Å². The Hall–Kier alpha value is -5.63. The van der Waals surface area contributed by atoms with Crippen LogP contribution in [0.1, 0.15) is 105 Å². The van der Waals surface area contributed by atoms with Crippen molar-refractivity contribution < 1.29 is 42.6 Å². The van der Waals surface area contributed by atoms with Gasteiger partial charge < -0.3 is 24.6 Å². The minimum atomic E-state index is -0.762. The molecule has 1 unspecified atom stereocenters. The molecule has 13 nitrogen and oxygen atoms in total.